The van der Waals surface area contributed by atoms with Crippen LogP contribution < -0.4 is 0 Å². The van der Waals surface area contributed by atoms with Gasteiger partial charge in [0.2, 0.25) is 0 Å². The first-order valence-electron chi connectivity index (χ1n) is 6.26. The quantitative estimate of drug-likeness (QED) is 0.570. The molecule has 0 atom stereocenters. The fourth-order valence-electron chi connectivity index (χ4n) is 2.27. The van der Waals surface area contributed by atoms with Gasteiger partial charge in [0.25, 0.3) is 0 Å². The van der Waals surface area contributed by atoms with Crippen LogP contribution in [0, 0.1) is 11.8 Å². The summed E-state index contributed by atoms with van der Waals surface area (Å²) in [5.74, 6) is 0.483. The molecule has 0 radical (unpaired) electrons. The highest BCUT2D eigenvalue weighted by Crippen LogP contribution is 2.31. The van der Waals surface area contributed by atoms with Crippen LogP contribution >= 0.6 is 0 Å². The van der Waals surface area contributed by atoms with Crippen molar-refractivity contribution in [3.63, 3.8) is 0 Å². The van der Waals surface area contributed by atoms with E-state index in [1.165, 1.54) is 31.9 Å². The highest BCUT2D eigenvalue weighted by atomic mass is 16.5. The summed E-state index contributed by atoms with van der Waals surface area (Å²) >= 11 is 0. The monoisotopic (exact) mass is 238 g/mol. The van der Waals surface area contributed by atoms with Crippen molar-refractivity contribution in [1.82, 2.24) is 0 Å². The van der Waals surface area contributed by atoms with E-state index in [0.29, 0.717) is 17.4 Å². The molecule has 0 aromatic heterocycles. The highest BCUT2D eigenvalue weighted by Gasteiger charge is 2.20. The predicted molar refractivity (Wildman–Crippen MR) is 67.6 cm³/mol. The molecule has 0 unspecified atom stereocenters. The second kappa shape index (κ2) is 7.15. The molecule has 0 spiro atoms. The first kappa shape index (κ1) is 13.8. The number of carboxylic acid groups (broad SMARTS) is 1. The topological polar surface area (TPSA) is 46.5 Å². The van der Waals surface area contributed by atoms with E-state index in [9.17, 15) is 4.79 Å². The van der Waals surface area contributed by atoms with Crippen LogP contribution in [0.5, 0.6) is 0 Å². The number of carbonyl (C=O) groups is 1. The molecule has 1 saturated carbocycles. The Morgan fingerprint density at radius 3 is 2.47 bits per heavy atom. The zero-order valence-electron chi connectivity index (χ0n) is 10.5. The van der Waals surface area contributed by atoms with Crippen LogP contribution in [0.15, 0.2) is 24.5 Å². The third-order valence-corrected chi connectivity index (χ3v) is 3.51. The Morgan fingerprint density at radius 1 is 1.35 bits per heavy atom. The molecule has 0 amide bonds. The van der Waals surface area contributed by atoms with Gasteiger partial charge in [-0.1, -0.05) is 12.7 Å². The maximum atomic E-state index is 10.6. The van der Waals surface area contributed by atoms with Crippen molar-refractivity contribution in [2.24, 2.45) is 11.8 Å². The van der Waals surface area contributed by atoms with Crippen molar-refractivity contribution >= 4 is 5.97 Å². The number of rotatable bonds is 6. The van der Waals surface area contributed by atoms with E-state index in [0.717, 1.165) is 13.0 Å². The van der Waals surface area contributed by atoms with E-state index in [2.05, 4.69) is 6.58 Å². The van der Waals surface area contributed by atoms with E-state index < -0.39 is 5.97 Å². The van der Waals surface area contributed by atoms with Gasteiger partial charge in [-0.3, -0.25) is 0 Å². The van der Waals surface area contributed by atoms with Crippen molar-refractivity contribution in [2.75, 3.05) is 6.61 Å². The molecule has 1 fully saturated rings. The molecular weight excluding hydrogens is 216 g/mol. The molecule has 96 valence electrons. The minimum atomic E-state index is -0.807. The SMILES string of the molecule is C=COCC1CCC(CC=C(C)C(=O)O)CC1. The molecule has 0 bridgehead atoms. The fraction of sp³-hybridized carbons (Fsp3) is 0.643. The second-order valence-electron chi connectivity index (χ2n) is 4.81. The van der Waals surface area contributed by atoms with E-state index in [1.807, 2.05) is 6.08 Å². The molecule has 3 heteroatoms. The molecule has 0 aliphatic heterocycles. The van der Waals surface area contributed by atoms with Gasteiger partial charge in [-0.15, -0.1) is 0 Å². The Balaban J connectivity index is 2.25. The Labute approximate surface area is 103 Å². The van der Waals surface area contributed by atoms with Crippen molar-refractivity contribution in [3.8, 4) is 0 Å². The maximum Gasteiger partial charge on any atom is 0.330 e. The first-order valence-corrected chi connectivity index (χ1v) is 6.26. The van der Waals surface area contributed by atoms with Crippen LogP contribution in [0.2, 0.25) is 0 Å². The van der Waals surface area contributed by atoms with E-state index in [-0.39, 0.29) is 0 Å². The molecular formula is C14H22O3. The third-order valence-electron chi connectivity index (χ3n) is 3.51. The maximum absolute atomic E-state index is 10.6. The van der Waals surface area contributed by atoms with E-state index >= 15 is 0 Å². The Bertz CT molecular complexity index is 286. The summed E-state index contributed by atoms with van der Waals surface area (Å²) in [5, 5.41) is 8.76. The lowest BCUT2D eigenvalue weighted by atomic mass is 9.80. The van der Waals surface area contributed by atoms with Gasteiger partial charge < -0.3 is 9.84 Å². The molecule has 1 aliphatic rings. The lowest BCUT2D eigenvalue weighted by Crippen LogP contribution is -2.17. The minimum absolute atomic E-state index is 0.460. The summed E-state index contributed by atoms with van der Waals surface area (Å²) < 4.78 is 5.21. The van der Waals surface area contributed by atoms with Crippen molar-refractivity contribution in [1.29, 1.82) is 0 Å². The van der Waals surface area contributed by atoms with Gasteiger partial charge >= 0.3 is 5.97 Å². The summed E-state index contributed by atoms with van der Waals surface area (Å²) in [6.45, 7) is 5.98. The Hall–Kier alpha value is -1.25. The third kappa shape index (κ3) is 5.07. The van der Waals surface area contributed by atoms with Gasteiger partial charge in [0.1, 0.15) is 0 Å². The summed E-state index contributed by atoms with van der Waals surface area (Å²) in [4.78, 5) is 10.6. The van der Waals surface area contributed by atoms with Crippen LogP contribution in [0.25, 0.3) is 0 Å². The molecule has 0 aromatic carbocycles. The van der Waals surface area contributed by atoms with Gasteiger partial charge in [0.05, 0.1) is 12.9 Å². The number of ether oxygens (including phenoxy) is 1. The van der Waals surface area contributed by atoms with Crippen LogP contribution in [-0.4, -0.2) is 17.7 Å². The average Bonchev–Trinajstić information content (AvgIpc) is 2.34. The summed E-state index contributed by atoms with van der Waals surface area (Å²) in [6.07, 6.45) is 8.96. The lowest BCUT2D eigenvalue weighted by Gasteiger charge is -2.27. The molecule has 1 N–H and O–H groups in total. The summed E-state index contributed by atoms with van der Waals surface area (Å²) in [5.41, 5.74) is 0.460. The van der Waals surface area contributed by atoms with E-state index in [1.54, 1.807) is 6.92 Å². The van der Waals surface area contributed by atoms with Crippen LogP contribution in [0.3, 0.4) is 0 Å². The van der Waals surface area contributed by atoms with Crippen molar-refractivity contribution in [2.45, 2.75) is 39.0 Å². The summed E-state index contributed by atoms with van der Waals surface area (Å²) in [6, 6.07) is 0. The number of hydrogen-bond acceptors (Lipinski definition) is 2. The molecule has 0 heterocycles. The normalized spacial score (nSPS) is 25.4. The number of allylic oxidation sites excluding steroid dienone is 1. The minimum Gasteiger partial charge on any atom is -0.502 e. The fourth-order valence-corrected chi connectivity index (χ4v) is 2.27. The molecule has 0 aromatic rings. The Morgan fingerprint density at radius 2 is 1.94 bits per heavy atom. The molecule has 0 saturated heterocycles. The van der Waals surface area contributed by atoms with Crippen LogP contribution in [0.4, 0.5) is 0 Å². The molecule has 17 heavy (non-hydrogen) atoms. The standard InChI is InChI=1S/C14H22O3/c1-3-17-10-13-8-6-12(7-9-13)5-4-11(2)14(15)16/h3-4,12-13H,1,5-10H2,2H3,(H,15,16). The number of carboxylic acids is 1. The van der Waals surface area contributed by atoms with Gasteiger partial charge in [0.15, 0.2) is 0 Å². The Kier molecular flexibility index (Phi) is 5.81. The largest absolute Gasteiger partial charge is 0.502 e. The first-order chi connectivity index (χ1) is 8.13. The second-order valence-corrected chi connectivity index (χ2v) is 4.81. The molecule has 1 aliphatic carbocycles. The van der Waals surface area contributed by atoms with Crippen LogP contribution in [0.1, 0.15) is 39.0 Å². The smallest absolute Gasteiger partial charge is 0.330 e. The van der Waals surface area contributed by atoms with Gasteiger partial charge in [0, 0.05) is 5.57 Å². The van der Waals surface area contributed by atoms with Crippen LogP contribution in [-0.2, 0) is 9.53 Å². The van der Waals surface area contributed by atoms with Gasteiger partial charge in [-0.2, -0.15) is 0 Å². The molecule has 3 nitrogen and oxygen atoms in total. The predicted octanol–water partition coefficient (Wildman–Crippen LogP) is 3.37. The molecule has 1 rings (SSSR count). The number of hydrogen-bond donors (Lipinski definition) is 1. The van der Waals surface area contributed by atoms with Gasteiger partial charge in [-0.25, -0.2) is 4.79 Å². The average molecular weight is 238 g/mol. The van der Waals surface area contributed by atoms with Crippen molar-refractivity contribution in [3.05, 3.63) is 24.5 Å². The number of aliphatic carboxylic acids is 1. The summed E-state index contributed by atoms with van der Waals surface area (Å²) in [7, 11) is 0. The van der Waals surface area contributed by atoms with E-state index in [4.69, 9.17) is 9.84 Å². The zero-order valence-corrected chi connectivity index (χ0v) is 10.5. The lowest BCUT2D eigenvalue weighted by molar-refractivity contribution is -0.132. The van der Waals surface area contributed by atoms with Gasteiger partial charge in [-0.05, 0) is 50.9 Å². The van der Waals surface area contributed by atoms with Crippen molar-refractivity contribution < 1.29 is 14.6 Å². The zero-order chi connectivity index (χ0) is 12.7. The highest BCUT2D eigenvalue weighted by molar-refractivity contribution is 5.85.